The Morgan fingerprint density at radius 1 is 1.05 bits per heavy atom. The summed E-state index contributed by atoms with van der Waals surface area (Å²) in [5.41, 5.74) is 6.49. The molecule has 1 aromatic heterocycles. The maximum atomic E-state index is 13.5. The maximum Gasteiger partial charge on any atom is 0.253 e. The standard InChI is InChI=1S/C35H43N7O2/c1-24-5-4-6-25(19-24)22-40-15-17-41(18-16-40)28-8-9-30-29(21-28)34-37-31-20-26(7-10-32(31)42(34)23-33(43)36-30)35(44)39(3)27-11-13-38(2)14-12-27/h4,6-10,19-21,24,27H,5,11-18,22-23H2,1-3H3,(H,36,43). The third-order valence-corrected chi connectivity index (χ3v) is 9.85. The van der Waals surface area contributed by atoms with Crippen molar-refractivity contribution in [2.45, 2.75) is 38.8 Å². The zero-order valence-electron chi connectivity index (χ0n) is 26.1. The highest BCUT2D eigenvalue weighted by Gasteiger charge is 2.28. The maximum absolute atomic E-state index is 13.5. The van der Waals surface area contributed by atoms with Crippen LogP contribution in [0.25, 0.3) is 22.4 Å². The van der Waals surface area contributed by atoms with Gasteiger partial charge in [0.1, 0.15) is 12.4 Å². The lowest BCUT2D eigenvalue weighted by Crippen LogP contribution is -2.47. The predicted molar refractivity (Wildman–Crippen MR) is 176 cm³/mol. The van der Waals surface area contributed by atoms with Gasteiger partial charge in [0, 0.05) is 62.6 Å². The number of hydrogen-bond acceptors (Lipinski definition) is 6. The molecule has 7 rings (SSSR count). The number of nitrogens with one attached hydrogen (secondary N) is 1. The predicted octanol–water partition coefficient (Wildman–Crippen LogP) is 4.47. The van der Waals surface area contributed by atoms with Crippen LogP contribution in [0.1, 0.15) is 36.5 Å². The number of carbonyl (C=O) groups is 2. The average molecular weight is 594 g/mol. The van der Waals surface area contributed by atoms with Gasteiger partial charge < -0.3 is 24.6 Å². The quantitative estimate of drug-likeness (QED) is 0.471. The van der Waals surface area contributed by atoms with Gasteiger partial charge in [-0.1, -0.05) is 25.2 Å². The van der Waals surface area contributed by atoms with Gasteiger partial charge in [0.2, 0.25) is 5.91 Å². The lowest BCUT2D eigenvalue weighted by atomic mass is 9.97. The summed E-state index contributed by atoms with van der Waals surface area (Å²) in [5.74, 6) is 1.33. The molecule has 4 heterocycles. The molecule has 1 N–H and O–H groups in total. The number of nitrogens with zero attached hydrogens (tertiary/aromatic N) is 6. The van der Waals surface area contributed by atoms with E-state index < -0.39 is 0 Å². The van der Waals surface area contributed by atoms with Gasteiger partial charge in [-0.2, -0.15) is 0 Å². The molecule has 9 heteroatoms. The minimum absolute atomic E-state index is 0.0227. The van der Waals surface area contributed by atoms with Gasteiger partial charge in [-0.15, -0.1) is 0 Å². The number of hydrogen-bond donors (Lipinski definition) is 1. The molecule has 2 aromatic carbocycles. The first-order chi connectivity index (χ1) is 21.3. The van der Waals surface area contributed by atoms with Crippen molar-refractivity contribution in [3.05, 3.63) is 65.8 Å². The van der Waals surface area contributed by atoms with Crippen molar-refractivity contribution in [3.8, 4) is 11.4 Å². The number of benzene rings is 2. The first-order valence-corrected chi connectivity index (χ1v) is 16.1. The molecule has 0 saturated carbocycles. The van der Waals surface area contributed by atoms with Crippen molar-refractivity contribution >= 4 is 34.2 Å². The number of aromatic nitrogens is 2. The Balaban J connectivity index is 1.12. The minimum atomic E-state index is -0.0757. The Bertz CT molecular complexity index is 1640. The second kappa shape index (κ2) is 11.9. The fourth-order valence-corrected chi connectivity index (χ4v) is 7.19. The van der Waals surface area contributed by atoms with Crippen LogP contribution in [0, 0.1) is 5.92 Å². The Kier molecular flexibility index (Phi) is 7.76. The van der Waals surface area contributed by atoms with Gasteiger partial charge in [-0.25, -0.2) is 4.98 Å². The van der Waals surface area contributed by atoms with E-state index in [0.717, 1.165) is 98.9 Å². The molecule has 0 spiro atoms. The molecule has 0 bridgehead atoms. The molecule has 230 valence electrons. The van der Waals surface area contributed by atoms with Crippen LogP contribution >= 0.6 is 0 Å². The van der Waals surface area contributed by atoms with Gasteiger partial charge in [-0.05, 0) is 87.3 Å². The van der Waals surface area contributed by atoms with Crippen molar-refractivity contribution in [2.75, 3.05) is 70.1 Å². The third kappa shape index (κ3) is 5.66. The van der Waals surface area contributed by atoms with Crippen LogP contribution < -0.4 is 10.2 Å². The number of amides is 2. The molecule has 2 saturated heterocycles. The van der Waals surface area contributed by atoms with Crippen molar-refractivity contribution in [2.24, 2.45) is 5.92 Å². The summed E-state index contributed by atoms with van der Waals surface area (Å²) in [7, 11) is 4.04. The molecule has 3 aliphatic heterocycles. The molecule has 2 fully saturated rings. The van der Waals surface area contributed by atoms with E-state index in [1.165, 1.54) is 5.57 Å². The molecular formula is C35H43N7O2. The van der Waals surface area contributed by atoms with Crippen molar-refractivity contribution in [3.63, 3.8) is 0 Å². The number of imidazole rings is 1. The number of piperazine rings is 1. The van der Waals surface area contributed by atoms with Crippen LogP contribution in [0.4, 0.5) is 11.4 Å². The summed E-state index contributed by atoms with van der Waals surface area (Å²) < 4.78 is 1.99. The number of rotatable bonds is 5. The van der Waals surface area contributed by atoms with Gasteiger partial charge in [0.05, 0.1) is 16.7 Å². The Morgan fingerprint density at radius 3 is 2.61 bits per heavy atom. The summed E-state index contributed by atoms with van der Waals surface area (Å²) in [5, 5.41) is 3.09. The molecular weight excluding hydrogens is 550 g/mol. The first kappa shape index (κ1) is 28.8. The summed E-state index contributed by atoms with van der Waals surface area (Å²) >= 11 is 0. The van der Waals surface area contributed by atoms with Crippen LogP contribution in [0.3, 0.4) is 0 Å². The highest BCUT2D eigenvalue weighted by Crippen LogP contribution is 2.36. The molecule has 0 radical (unpaired) electrons. The van der Waals surface area contributed by atoms with Crippen LogP contribution in [0.5, 0.6) is 0 Å². The van der Waals surface area contributed by atoms with Crippen molar-refractivity contribution < 1.29 is 9.59 Å². The zero-order valence-corrected chi connectivity index (χ0v) is 26.1. The monoisotopic (exact) mass is 593 g/mol. The van der Waals surface area contributed by atoms with Gasteiger partial charge >= 0.3 is 0 Å². The molecule has 4 aliphatic rings. The van der Waals surface area contributed by atoms with E-state index in [9.17, 15) is 9.59 Å². The topological polar surface area (TPSA) is 77.0 Å². The number of anilines is 2. The van der Waals surface area contributed by atoms with E-state index in [4.69, 9.17) is 4.98 Å². The van der Waals surface area contributed by atoms with Crippen molar-refractivity contribution in [1.29, 1.82) is 0 Å². The van der Waals surface area contributed by atoms with Crippen LogP contribution in [-0.4, -0.2) is 102 Å². The fourth-order valence-electron chi connectivity index (χ4n) is 7.19. The van der Waals surface area contributed by atoms with E-state index in [1.54, 1.807) is 0 Å². The summed E-state index contributed by atoms with van der Waals surface area (Å²) in [4.78, 5) is 40.7. The molecule has 1 aliphatic carbocycles. The molecule has 1 atom stereocenters. The summed E-state index contributed by atoms with van der Waals surface area (Å²) in [6.45, 7) is 9.39. The molecule has 1 unspecified atom stereocenters. The third-order valence-electron chi connectivity index (χ3n) is 9.85. The summed E-state index contributed by atoms with van der Waals surface area (Å²) in [6.07, 6.45) is 10.1. The van der Waals surface area contributed by atoms with Gasteiger partial charge in [-0.3, -0.25) is 14.5 Å². The van der Waals surface area contributed by atoms with Gasteiger partial charge in [0.25, 0.3) is 5.91 Å². The van der Waals surface area contributed by atoms with E-state index >= 15 is 0 Å². The normalized spacial score (nSPS) is 21.4. The fraction of sp³-hybridized carbons (Fsp3) is 0.457. The zero-order chi connectivity index (χ0) is 30.4. The highest BCUT2D eigenvalue weighted by molar-refractivity contribution is 6.01. The number of fused-ring (bicyclic) bond motifs is 5. The highest BCUT2D eigenvalue weighted by atomic mass is 16.2. The number of likely N-dealkylation sites (tertiary alicyclic amines) is 1. The number of allylic oxidation sites excluding steroid dienone is 2. The molecule has 2 amide bonds. The molecule has 44 heavy (non-hydrogen) atoms. The van der Waals surface area contributed by atoms with Crippen molar-refractivity contribution in [1.82, 2.24) is 24.3 Å². The SMILES string of the molecule is CC1C=C(CN2CCN(c3ccc4c(c3)-c3nc5cc(C(=O)N(C)C6CCN(C)CC6)ccc5n3CC(=O)N4)CC2)C=CC1. The van der Waals surface area contributed by atoms with Crippen LogP contribution in [0.2, 0.25) is 0 Å². The van der Waals surface area contributed by atoms with Crippen LogP contribution in [0.15, 0.2) is 60.2 Å². The smallest absolute Gasteiger partial charge is 0.253 e. The Morgan fingerprint density at radius 2 is 1.84 bits per heavy atom. The second-order valence-electron chi connectivity index (χ2n) is 13.1. The number of carbonyl (C=O) groups excluding carboxylic acids is 2. The number of piperidine rings is 1. The van der Waals surface area contributed by atoms with E-state index in [0.29, 0.717) is 11.5 Å². The first-order valence-electron chi connectivity index (χ1n) is 16.1. The van der Waals surface area contributed by atoms with Gasteiger partial charge in [0.15, 0.2) is 0 Å². The van der Waals surface area contributed by atoms with E-state index in [-0.39, 0.29) is 24.4 Å². The lowest BCUT2D eigenvalue weighted by Gasteiger charge is -2.36. The summed E-state index contributed by atoms with van der Waals surface area (Å²) in [6, 6.07) is 12.2. The minimum Gasteiger partial charge on any atom is -0.369 e. The lowest BCUT2D eigenvalue weighted by molar-refractivity contribution is -0.116. The molecule has 3 aromatic rings. The van der Waals surface area contributed by atoms with E-state index in [1.807, 2.05) is 40.8 Å². The van der Waals surface area contributed by atoms with E-state index in [2.05, 4.69) is 64.3 Å². The van der Waals surface area contributed by atoms with Crippen LogP contribution in [-0.2, 0) is 11.3 Å². The Labute approximate surface area is 259 Å². The Hall–Kier alpha value is -3.95. The average Bonchev–Trinajstić information content (AvgIpc) is 3.31. The second-order valence-corrected chi connectivity index (χ2v) is 13.1. The molecule has 9 nitrogen and oxygen atoms in total. The largest absolute Gasteiger partial charge is 0.369 e.